The normalized spacial score (nSPS) is 18.9. The molecule has 1 aromatic heterocycles. The molecule has 2 aromatic rings. The third-order valence-electron chi connectivity index (χ3n) is 5.27. The molecule has 4 rings (SSSR count). The van der Waals surface area contributed by atoms with Gasteiger partial charge < -0.3 is 19.6 Å². The Labute approximate surface area is 167 Å². The van der Waals surface area contributed by atoms with E-state index in [1.807, 2.05) is 0 Å². The van der Waals surface area contributed by atoms with Gasteiger partial charge in [-0.2, -0.15) is 5.10 Å². The second-order valence-electron chi connectivity index (χ2n) is 7.04. The highest BCUT2D eigenvalue weighted by molar-refractivity contribution is 6.31. The molecule has 0 saturated carbocycles. The molecule has 0 bridgehead atoms. The molecule has 1 fully saturated rings. The molecule has 2 amide bonds. The van der Waals surface area contributed by atoms with Gasteiger partial charge in [0.2, 0.25) is 0 Å². The van der Waals surface area contributed by atoms with Crippen molar-refractivity contribution in [2.45, 2.75) is 25.5 Å². The first kappa shape index (κ1) is 18.8. The number of fused-ring (bicyclic) bond motifs is 1. The molecule has 3 heterocycles. The number of amides is 2. The molecule has 28 heavy (non-hydrogen) atoms. The highest BCUT2D eigenvalue weighted by Crippen LogP contribution is 2.28. The number of likely N-dealkylation sites (tertiary alicyclic amines) is 1. The van der Waals surface area contributed by atoms with E-state index < -0.39 is 6.10 Å². The number of ether oxygens (including phenoxy) is 1. The van der Waals surface area contributed by atoms with Gasteiger partial charge in [0.15, 0.2) is 5.69 Å². The van der Waals surface area contributed by atoms with Crippen molar-refractivity contribution in [1.82, 2.24) is 20.0 Å². The minimum atomic E-state index is -0.473. The van der Waals surface area contributed by atoms with E-state index in [-0.39, 0.29) is 11.8 Å². The Morgan fingerprint density at radius 2 is 2.11 bits per heavy atom. The maximum atomic E-state index is 13.0. The van der Waals surface area contributed by atoms with Crippen molar-refractivity contribution in [1.29, 1.82) is 0 Å². The first-order valence-corrected chi connectivity index (χ1v) is 9.52. The number of hydrogen-bond acceptors (Lipinski definition) is 5. The SMILES string of the molecule is COc1ccc(Cl)cc1C(=O)N1CCc2c(C(=O)N3CC[C@@H](O)C3)n[nH]c2C1. The van der Waals surface area contributed by atoms with Crippen LogP contribution in [0, 0.1) is 0 Å². The number of methoxy groups -OCH3 is 1. The molecule has 0 aliphatic carbocycles. The van der Waals surface area contributed by atoms with E-state index in [0.717, 1.165) is 11.3 Å². The van der Waals surface area contributed by atoms with Gasteiger partial charge in [0.25, 0.3) is 11.8 Å². The van der Waals surface area contributed by atoms with Crippen molar-refractivity contribution in [2.24, 2.45) is 0 Å². The van der Waals surface area contributed by atoms with E-state index in [9.17, 15) is 14.7 Å². The molecule has 0 spiro atoms. The third kappa shape index (κ3) is 3.33. The summed E-state index contributed by atoms with van der Waals surface area (Å²) < 4.78 is 5.29. The van der Waals surface area contributed by atoms with Crippen molar-refractivity contribution < 1.29 is 19.4 Å². The largest absolute Gasteiger partial charge is 0.496 e. The minimum Gasteiger partial charge on any atom is -0.496 e. The standard InChI is InChI=1S/C19H21ClN4O4/c1-28-16-3-2-11(20)8-14(16)18(26)24-7-5-13-15(10-24)21-22-17(13)19(27)23-6-4-12(25)9-23/h2-3,8,12,25H,4-7,9-10H2,1H3,(H,21,22)/t12-/m1/s1. The lowest BCUT2D eigenvalue weighted by molar-refractivity contribution is 0.0728. The topological polar surface area (TPSA) is 98.8 Å². The summed E-state index contributed by atoms with van der Waals surface area (Å²) in [6, 6.07) is 4.94. The lowest BCUT2D eigenvalue weighted by Crippen LogP contribution is -2.37. The van der Waals surface area contributed by atoms with E-state index in [1.165, 1.54) is 7.11 Å². The van der Waals surface area contributed by atoms with Crippen LogP contribution in [0.15, 0.2) is 18.2 Å². The van der Waals surface area contributed by atoms with Gasteiger partial charge in [0.05, 0.1) is 31.0 Å². The first-order valence-electron chi connectivity index (χ1n) is 9.14. The zero-order valence-corrected chi connectivity index (χ0v) is 16.2. The maximum Gasteiger partial charge on any atom is 0.274 e. The number of β-amino-alcohol motifs (C(OH)–C–C–N with tert-alkyl or cyclic N) is 1. The number of aromatic amines is 1. The number of hydrogen-bond donors (Lipinski definition) is 2. The van der Waals surface area contributed by atoms with Crippen molar-refractivity contribution in [3.63, 3.8) is 0 Å². The fourth-order valence-corrected chi connectivity index (χ4v) is 3.93. The molecular formula is C19H21ClN4O4. The van der Waals surface area contributed by atoms with Crippen molar-refractivity contribution in [3.8, 4) is 5.75 Å². The van der Waals surface area contributed by atoms with Crippen LogP contribution in [-0.2, 0) is 13.0 Å². The van der Waals surface area contributed by atoms with E-state index >= 15 is 0 Å². The number of benzene rings is 1. The van der Waals surface area contributed by atoms with E-state index in [2.05, 4.69) is 10.2 Å². The molecule has 0 radical (unpaired) electrons. The first-order chi connectivity index (χ1) is 13.5. The third-order valence-corrected chi connectivity index (χ3v) is 5.50. The predicted molar refractivity (Wildman–Crippen MR) is 102 cm³/mol. The number of rotatable bonds is 3. The Balaban J connectivity index is 1.53. The molecule has 148 valence electrons. The molecule has 0 unspecified atom stereocenters. The number of nitrogens with one attached hydrogen (secondary N) is 1. The molecule has 1 aromatic carbocycles. The van der Waals surface area contributed by atoms with Crippen LogP contribution in [0.2, 0.25) is 5.02 Å². The van der Waals surface area contributed by atoms with Gasteiger partial charge in [0.1, 0.15) is 5.75 Å². The maximum absolute atomic E-state index is 13.0. The number of H-pyrrole nitrogens is 1. The average Bonchev–Trinajstić information content (AvgIpc) is 3.32. The molecule has 2 aliphatic rings. The quantitative estimate of drug-likeness (QED) is 0.807. The second-order valence-corrected chi connectivity index (χ2v) is 7.48. The van der Waals surface area contributed by atoms with Gasteiger partial charge in [-0.1, -0.05) is 11.6 Å². The summed E-state index contributed by atoms with van der Waals surface area (Å²) in [5.41, 5.74) is 2.38. The second kappa shape index (κ2) is 7.44. The summed E-state index contributed by atoms with van der Waals surface area (Å²) >= 11 is 6.05. The number of aliphatic hydroxyl groups is 1. The summed E-state index contributed by atoms with van der Waals surface area (Å²) in [7, 11) is 1.51. The van der Waals surface area contributed by atoms with E-state index in [4.69, 9.17) is 16.3 Å². The number of aliphatic hydroxyl groups excluding tert-OH is 1. The van der Waals surface area contributed by atoms with Crippen LogP contribution in [0.3, 0.4) is 0 Å². The fourth-order valence-electron chi connectivity index (χ4n) is 3.76. The Morgan fingerprint density at radius 1 is 1.29 bits per heavy atom. The predicted octanol–water partition coefficient (Wildman–Crippen LogP) is 1.48. The van der Waals surface area contributed by atoms with Crippen molar-refractivity contribution in [2.75, 3.05) is 26.7 Å². The minimum absolute atomic E-state index is 0.176. The van der Waals surface area contributed by atoms with Crippen LogP contribution in [0.5, 0.6) is 5.75 Å². The molecule has 2 N–H and O–H groups in total. The molecule has 9 heteroatoms. The molecular weight excluding hydrogens is 384 g/mol. The molecule has 8 nitrogen and oxygen atoms in total. The fraction of sp³-hybridized carbons (Fsp3) is 0.421. The number of aromatic nitrogens is 2. The summed E-state index contributed by atoms with van der Waals surface area (Å²) in [6.07, 6.45) is 0.638. The summed E-state index contributed by atoms with van der Waals surface area (Å²) in [5, 5.41) is 17.2. The van der Waals surface area contributed by atoms with Gasteiger partial charge in [-0.3, -0.25) is 14.7 Å². The monoisotopic (exact) mass is 404 g/mol. The Kier molecular flexibility index (Phi) is 4.99. The van der Waals surface area contributed by atoms with Gasteiger partial charge >= 0.3 is 0 Å². The van der Waals surface area contributed by atoms with Crippen LogP contribution >= 0.6 is 11.6 Å². The highest BCUT2D eigenvalue weighted by Gasteiger charge is 2.32. The smallest absolute Gasteiger partial charge is 0.274 e. The Bertz CT molecular complexity index is 929. The van der Waals surface area contributed by atoms with Crippen LogP contribution in [0.25, 0.3) is 0 Å². The van der Waals surface area contributed by atoms with Gasteiger partial charge in [0, 0.05) is 30.2 Å². The Morgan fingerprint density at radius 3 is 2.82 bits per heavy atom. The number of halogens is 1. The zero-order chi connectivity index (χ0) is 19.8. The van der Waals surface area contributed by atoms with Crippen LogP contribution in [0.1, 0.15) is 38.5 Å². The lowest BCUT2D eigenvalue weighted by Gasteiger charge is -2.27. The van der Waals surface area contributed by atoms with Crippen LogP contribution < -0.4 is 4.74 Å². The zero-order valence-electron chi connectivity index (χ0n) is 15.4. The summed E-state index contributed by atoms with van der Waals surface area (Å²) in [4.78, 5) is 29.0. The molecule has 1 atom stereocenters. The van der Waals surface area contributed by atoms with Gasteiger partial charge in [-0.05, 0) is 31.0 Å². The highest BCUT2D eigenvalue weighted by atomic mass is 35.5. The van der Waals surface area contributed by atoms with Crippen molar-refractivity contribution in [3.05, 3.63) is 45.7 Å². The van der Waals surface area contributed by atoms with Gasteiger partial charge in [-0.25, -0.2) is 0 Å². The van der Waals surface area contributed by atoms with Gasteiger partial charge in [-0.15, -0.1) is 0 Å². The average molecular weight is 405 g/mol. The molecule has 1 saturated heterocycles. The lowest BCUT2D eigenvalue weighted by atomic mass is 10.0. The molecule has 2 aliphatic heterocycles. The van der Waals surface area contributed by atoms with Crippen molar-refractivity contribution >= 4 is 23.4 Å². The van der Waals surface area contributed by atoms with E-state index in [0.29, 0.717) is 61.1 Å². The van der Waals surface area contributed by atoms with Crippen LogP contribution in [0.4, 0.5) is 0 Å². The summed E-state index contributed by atoms with van der Waals surface area (Å²) in [6.45, 7) is 1.65. The van der Waals surface area contributed by atoms with Crippen LogP contribution in [-0.4, -0.2) is 69.8 Å². The number of carbonyl (C=O) groups is 2. The summed E-state index contributed by atoms with van der Waals surface area (Å²) in [5.74, 6) is 0.105. The number of carbonyl (C=O) groups excluding carboxylic acids is 2. The van der Waals surface area contributed by atoms with E-state index in [1.54, 1.807) is 28.0 Å². The number of nitrogens with zero attached hydrogens (tertiary/aromatic N) is 3. The Hall–Kier alpha value is -2.58.